The van der Waals surface area contributed by atoms with Crippen molar-refractivity contribution in [2.45, 2.75) is 25.3 Å². The largest absolute Gasteiger partial charge is 0.323 e. The van der Waals surface area contributed by atoms with Crippen molar-refractivity contribution in [1.82, 2.24) is 0 Å². The molecule has 0 aromatic heterocycles. The van der Waals surface area contributed by atoms with Gasteiger partial charge >= 0.3 is 0 Å². The molecule has 0 aromatic rings. The van der Waals surface area contributed by atoms with E-state index >= 15 is 0 Å². The standard InChI is InChI=1S/C15H18N2O/c1-3-11-10-6-9(2)8-15(11,16)12-4-5-14(18)17-13(12)7-10/h3-6,10-12H,1,7-8,16H2,2H3. The average molecular weight is 242 g/mol. The molecule has 4 unspecified atom stereocenters. The van der Waals surface area contributed by atoms with E-state index in [9.17, 15) is 4.79 Å². The van der Waals surface area contributed by atoms with Crippen LogP contribution in [0.15, 0.2) is 41.4 Å². The van der Waals surface area contributed by atoms with Gasteiger partial charge in [-0.05, 0) is 25.7 Å². The van der Waals surface area contributed by atoms with Crippen LogP contribution in [-0.4, -0.2) is 17.2 Å². The minimum absolute atomic E-state index is 0.0816. The number of nitrogens with zero attached hydrogens (tertiary/aromatic N) is 1. The second-order valence-corrected chi connectivity index (χ2v) is 5.71. The summed E-state index contributed by atoms with van der Waals surface area (Å²) < 4.78 is 0. The summed E-state index contributed by atoms with van der Waals surface area (Å²) in [5, 5.41) is 0. The number of amides is 1. The molecule has 1 fully saturated rings. The van der Waals surface area contributed by atoms with Crippen LogP contribution in [0.5, 0.6) is 0 Å². The Hall–Kier alpha value is -1.48. The van der Waals surface area contributed by atoms with E-state index in [-0.39, 0.29) is 23.3 Å². The maximum Gasteiger partial charge on any atom is 0.269 e. The Morgan fingerprint density at radius 2 is 2.39 bits per heavy atom. The first kappa shape index (κ1) is 11.6. The molecule has 0 saturated heterocycles. The molecular formula is C15H18N2O. The lowest BCUT2D eigenvalue weighted by molar-refractivity contribution is -0.113. The molecule has 3 rings (SSSR count). The van der Waals surface area contributed by atoms with Crippen LogP contribution in [0.4, 0.5) is 0 Å². The van der Waals surface area contributed by atoms with Gasteiger partial charge in [0.05, 0.1) is 0 Å². The first-order chi connectivity index (χ1) is 8.54. The van der Waals surface area contributed by atoms with Crippen molar-refractivity contribution in [3.63, 3.8) is 0 Å². The van der Waals surface area contributed by atoms with Gasteiger partial charge in [-0.15, -0.1) is 6.58 Å². The third kappa shape index (κ3) is 1.47. The van der Waals surface area contributed by atoms with E-state index < -0.39 is 0 Å². The number of fused-ring (bicyclic) bond motifs is 4. The number of hydrogen-bond acceptors (Lipinski definition) is 2. The summed E-state index contributed by atoms with van der Waals surface area (Å²) in [6.07, 6.45) is 9.43. The maximum atomic E-state index is 11.4. The minimum atomic E-state index is -0.362. The zero-order valence-electron chi connectivity index (χ0n) is 10.6. The van der Waals surface area contributed by atoms with Gasteiger partial charge in [0.25, 0.3) is 5.91 Å². The van der Waals surface area contributed by atoms with Crippen molar-refractivity contribution in [3.05, 3.63) is 36.5 Å². The number of rotatable bonds is 1. The summed E-state index contributed by atoms with van der Waals surface area (Å²) in [6.45, 7) is 6.08. The quantitative estimate of drug-likeness (QED) is 0.715. The zero-order chi connectivity index (χ0) is 12.9. The fourth-order valence-corrected chi connectivity index (χ4v) is 3.87. The van der Waals surface area contributed by atoms with Crippen LogP contribution in [-0.2, 0) is 4.79 Å². The molecule has 1 saturated carbocycles. The van der Waals surface area contributed by atoms with E-state index in [4.69, 9.17) is 5.73 Å². The Bertz CT molecular complexity index is 515. The minimum Gasteiger partial charge on any atom is -0.323 e. The molecule has 3 heteroatoms. The van der Waals surface area contributed by atoms with E-state index in [2.05, 4.69) is 24.6 Å². The summed E-state index contributed by atoms with van der Waals surface area (Å²) in [5.41, 5.74) is 8.62. The maximum absolute atomic E-state index is 11.4. The Kier molecular flexibility index (Phi) is 2.42. The molecular weight excluding hydrogens is 224 g/mol. The fourth-order valence-electron chi connectivity index (χ4n) is 3.87. The van der Waals surface area contributed by atoms with E-state index in [1.807, 2.05) is 12.2 Å². The lowest BCUT2D eigenvalue weighted by atomic mass is 9.55. The van der Waals surface area contributed by atoms with Crippen LogP contribution < -0.4 is 5.73 Å². The van der Waals surface area contributed by atoms with Gasteiger partial charge in [-0.3, -0.25) is 4.79 Å². The van der Waals surface area contributed by atoms with Gasteiger partial charge in [0.1, 0.15) is 0 Å². The van der Waals surface area contributed by atoms with Crippen molar-refractivity contribution < 1.29 is 4.79 Å². The molecule has 3 nitrogen and oxygen atoms in total. The SMILES string of the molecule is C=CC1C2C=C(C)CC1(N)C1C=CC(=O)N=C1C2. The van der Waals surface area contributed by atoms with Crippen molar-refractivity contribution in [2.24, 2.45) is 28.5 Å². The first-order valence-corrected chi connectivity index (χ1v) is 6.43. The highest BCUT2D eigenvalue weighted by Crippen LogP contribution is 2.48. The van der Waals surface area contributed by atoms with Crippen LogP contribution in [0.25, 0.3) is 0 Å². The molecule has 3 aliphatic rings. The normalized spacial score (nSPS) is 41.9. The molecule has 0 radical (unpaired) electrons. The second-order valence-electron chi connectivity index (χ2n) is 5.71. The van der Waals surface area contributed by atoms with Crippen LogP contribution in [0.1, 0.15) is 19.8 Å². The molecule has 0 aromatic carbocycles. The Labute approximate surface area is 107 Å². The number of aliphatic imine (C=N–C) groups is 1. The number of dihydropyridines is 1. The molecule has 2 aliphatic carbocycles. The van der Waals surface area contributed by atoms with E-state index in [0.29, 0.717) is 5.92 Å². The summed E-state index contributed by atoms with van der Waals surface area (Å²) in [7, 11) is 0. The molecule has 94 valence electrons. The van der Waals surface area contributed by atoms with Crippen LogP contribution >= 0.6 is 0 Å². The molecule has 2 bridgehead atoms. The highest BCUT2D eigenvalue weighted by molar-refractivity contribution is 6.06. The lowest BCUT2D eigenvalue weighted by Gasteiger charge is -2.52. The third-order valence-corrected chi connectivity index (χ3v) is 4.49. The Morgan fingerprint density at radius 3 is 3.11 bits per heavy atom. The summed E-state index contributed by atoms with van der Waals surface area (Å²) in [5.74, 6) is 0.539. The number of allylic oxidation sites excluding steroid dienone is 1. The molecule has 1 heterocycles. The molecule has 0 spiro atoms. The van der Waals surface area contributed by atoms with E-state index in [1.54, 1.807) is 6.08 Å². The molecule has 1 aliphatic heterocycles. The zero-order valence-corrected chi connectivity index (χ0v) is 10.6. The monoisotopic (exact) mass is 242 g/mol. The average Bonchev–Trinajstić information content (AvgIpc) is 2.26. The number of nitrogens with two attached hydrogens (primary N) is 1. The number of hydrogen-bond donors (Lipinski definition) is 1. The Morgan fingerprint density at radius 1 is 1.61 bits per heavy atom. The molecule has 2 N–H and O–H groups in total. The smallest absolute Gasteiger partial charge is 0.269 e. The van der Waals surface area contributed by atoms with Gasteiger partial charge in [-0.25, -0.2) is 4.99 Å². The predicted octanol–water partition coefficient (Wildman–Crippen LogP) is 2.01. The summed E-state index contributed by atoms with van der Waals surface area (Å²) in [4.78, 5) is 15.6. The van der Waals surface area contributed by atoms with Crippen molar-refractivity contribution in [2.75, 3.05) is 0 Å². The van der Waals surface area contributed by atoms with Crippen molar-refractivity contribution in [3.8, 4) is 0 Å². The van der Waals surface area contributed by atoms with Crippen LogP contribution in [0, 0.1) is 17.8 Å². The number of carbonyl (C=O) groups excluding carboxylic acids is 1. The van der Waals surface area contributed by atoms with Crippen molar-refractivity contribution >= 4 is 11.6 Å². The molecule has 18 heavy (non-hydrogen) atoms. The second kappa shape index (κ2) is 3.75. The highest BCUT2D eigenvalue weighted by atomic mass is 16.1. The van der Waals surface area contributed by atoms with Crippen LogP contribution in [0.2, 0.25) is 0 Å². The van der Waals surface area contributed by atoms with Gasteiger partial charge in [0.15, 0.2) is 0 Å². The Balaban J connectivity index is 2.12. The highest BCUT2D eigenvalue weighted by Gasteiger charge is 2.51. The lowest BCUT2D eigenvalue weighted by Crippen LogP contribution is -2.62. The van der Waals surface area contributed by atoms with Crippen molar-refractivity contribution in [1.29, 1.82) is 0 Å². The van der Waals surface area contributed by atoms with Crippen LogP contribution in [0.3, 0.4) is 0 Å². The first-order valence-electron chi connectivity index (χ1n) is 6.43. The summed E-state index contributed by atoms with van der Waals surface area (Å²) >= 11 is 0. The third-order valence-electron chi connectivity index (χ3n) is 4.49. The van der Waals surface area contributed by atoms with E-state index in [1.165, 1.54) is 5.57 Å². The molecule has 4 atom stereocenters. The van der Waals surface area contributed by atoms with Gasteiger partial charge in [0.2, 0.25) is 0 Å². The fraction of sp³-hybridized carbons (Fsp3) is 0.467. The van der Waals surface area contributed by atoms with Gasteiger partial charge in [0, 0.05) is 29.2 Å². The van der Waals surface area contributed by atoms with E-state index in [0.717, 1.165) is 18.6 Å². The summed E-state index contributed by atoms with van der Waals surface area (Å²) in [6, 6.07) is 0. The topological polar surface area (TPSA) is 55.5 Å². The van der Waals surface area contributed by atoms with Gasteiger partial charge in [-0.2, -0.15) is 0 Å². The number of carbonyl (C=O) groups is 1. The predicted molar refractivity (Wildman–Crippen MR) is 72.2 cm³/mol. The van der Waals surface area contributed by atoms with Gasteiger partial charge < -0.3 is 5.73 Å². The molecule has 1 amide bonds. The van der Waals surface area contributed by atoms with Gasteiger partial charge in [-0.1, -0.05) is 23.8 Å².